The Balaban J connectivity index is 1.59. The Morgan fingerprint density at radius 2 is 1.82 bits per heavy atom. The number of para-hydroxylation sites is 1. The molecule has 3 N–H and O–H groups in total. The Kier molecular flexibility index (Phi) is 6.57. The second-order valence-electron chi connectivity index (χ2n) is 7.36. The number of hydrogen-bond acceptors (Lipinski definition) is 6. The number of aromatic nitrogens is 2. The van der Waals surface area contributed by atoms with Gasteiger partial charge in [0.05, 0.1) is 47.3 Å². The average Bonchev–Trinajstić information content (AvgIpc) is 3.16. The molecule has 4 aromatic rings. The van der Waals surface area contributed by atoms with Crippen molar-refractivity contribution >= 4 is 28.6 Å². The summed E-state index contributed by atoms with van der Waals surface area (Å²) in [5, 5.41) is 31.3. The van der Waals surface area contributed by atoms with Gasteiger partial charge in [0, 0.05) is 17.8 Å². The van der Waals surface area contributed by atoms with E-state index in [0.717, 1.165) is 17.0 Å². The predicted octanol–water partition coefficient (Wildman–Crippen LogP) is 5.09. The minimum absolute atomic E-state index is 0.223. The van der Waals surface area contributed by atoms with E-state index in [1.807, 2.05) is 67.6 Å². The van der Waals surface area contributed by atoms with E-state index in [0.29, 0.717) is 28.2 Å². The second kappa shape index (κ2) is 10.1. The van der Waals surface area contributed by atoms with E-state index in [-0.39, 0.29) is 13.0 Å². The van der Waals surface area contributed by atoms with Gasteiger partial charge in [-0.3, -0.25) is 0 Å². The summed E-state index contributed by atoms with van der Waals surface area (Å²) in [4.78, 5) is 12.1. The molecule has 2 amide bonds. The second-order valence-corrected chi connectivity index (χ2v) is 7.36. The molecule has 34 heavy (non-hydrogen) atoms. The van der Waals surface area contributed by atoms with Crippen LogP contribution in [0, 0.1) is 29.6 Å². The highest BCUT2D eigenvalue weighted by Crippen LogP contribution is 2.33. The van der Waals surface area contributed by atoms with Crippen LogP contribution < -0.4 is 20.7 Å². The number of nitrogens with zero attached hydrogens (tertiary/aromatic N) is 4. The van der Waals surface area contributed by atoms with Crippen LogP contribution in [0.15, 0.2) is 67.0 Å². The van der Waals surface area contributed by atoms with Gasteiger partial charge in [-0.1, -0.05) is 18.2 Å². The highest BCUT2D eigenvalue weighted by Gasteiger charge is 2.17. The van der Waals surface area contributed by atoms with Crippen LogP contribution in [0.3, 0.4) is 0 Å². The van der Waals surface area contributed by atoms with Gasteiger partial charge < -0.3 is 20.7 Å². The fourth-order valence-electron chi connectivity index (χ4n) is 3.40. The number of rotatable bonds is 7. The molecule has 0 aliphatic carbocycles. The maximum Gasteiger partial charge on any atom is 0.319 e. The summed E-state index contributed by atoms with van der Waals surface area (Å²) in [5.41, 5.74) is 3.65. The third-order valence-corrected chi connectivity index (χ3v) is 5.05. The van der Waals surface area contributed by atoms with Gasteiger partial charge in [0.25, 0.3) is 0 Å². The van der Waals surface area contributed by atoms with Crippen LogP contribution >= 0.6 is 0 Å². The number of aryl methyl sites for hydroxylation is 1. The average molecular weight is 451 g/mol. The highest BCUT2D eigenvalue weighted by atomic mass is 16.5. The predicted molar refractivity (Wildman–Crippen MR) is 128 cm³/mol. The van der Waals surface area contributed by atoms with Crippen LogP contribution in [-0.2, 0) is 0 Å². The van der Waals surface area contributed by atoms with Crippen molar-refractivity contribution in [3.8, 4) is 23.6 Å². The van der Waals surface area contributed by atoms with Crippen molar-refractivity contribution in [1.82, 2.24) is 14.9 Å². The molecule has 4 rings (SSSR count). The van der Waals surface area contributed by atoms with Crippen LogP contribution in [0.5, 0.6) is 11.5 Å². The summed E-state index contributed by atoms with van der Waals surface area (Å²) in [5.74, 6) is 1.43. The third-order valence-electron chi connectivity index (χ3n) is 5.05. The van der Waals surface area contributed by atoms with E-state index < -0.39 is 6.03 Å². The molecule has 0 aliphatic heterocycles. The largest absolute Gasteiger partial charge is 0.457 e. The minimum atomic E-state index is -0.418. The number of fused-ring (bicyclic) bond motifs is 1. The molecule has 0 atom stereocenters. The smallest absolute Gasteiger partial charge is 0.319 e. The first-order chi connectivity index (χ1) is 16.6. The van der Waals surface area contributed by atoms with Gasteiger partial charge in [-0.2, -0.15) is 15.6 Å². The SMILES string of the molecule is Cc1c(NC(=O)NCCC#N)cn2ncc(C#N)c(Nc3ccc(Oc4ccccc4)cc3)c12. The van der Waals surface area contributed by atoms with Gasteiger partial charge in [0.2, 0.25) is 0 Å². The maximum atomic E-state index is 12.1. The van der Waals surface area contributed by atoms with Gasteiger partial charge in [-0.15, -0.1) is 0 Å². The zero-order valence-electron chi connectivity index (χ0n) is 18.4. The maximum absolute atomic E-state index is 12.1. The Morgan fingerprint density at radius 3 is 2.53 bits per heavy atom. The number of carbonyl (C=O) groups is 1. The van der Waals surface area contributed by atoms with Gasteiger partial charge in [0.15, 0.2) is 0 Å². The van der Waals surface area contributed by atoms with Crippen molar-refractivity contribution in [3.63, 3.8) is 0 Å². The Labute approximate surface area is 196 Å². The van der Waals surface area contributed by atoms with E-state index >= 15 is 0 Å². The molecule has 2 aromatic carbocycles. The molecule has 168 valence electrons. The molecule has 0 bridgehead atoms. The van der Waals surface area contributed by atoms with Gasteiger partial charge in [-0.25, -0.2) is 9.31 Å². The number of benzene rings is 2. The number of hydrogen-bond donors (Lipinski definition) is 3. The summed E-state index contributed by atoms with van der Waals surface area (Å²) in [6.07, 6.45) is 3.37. The molecule has 0 saturated carbocycles. The topological polar surface area (TPSA) is 127 Å². The normalized spacial score (nSPS) is 10.2. The quantitative estimate of drug-likeness (QED) is 0.336. The van der Waals surface area contributed by atoms with Crippen LogP contribution in [0.25, 0.3) is 5.52 Å². The van der Waals surface area contributed by atoms with Crippen molar-refractivity contribution in [3.05, 3.63) is 78.1 Å². The molecule has 2 heterocycles. The van der Waals surface area contributed by atoms with Crippen LogP contribution in [0.1, 0.15) is 17.5 Å². The fourth-order valence-corrected chi connectivity index (χ4v) is 3.40. The lowest BCUT2D eigenvalue weighted by atomic mass is 10.1. The van der Waals surface area contributed by atoms with Crippen molar-refractivity contribution in [2.24, 2.45) is 0 Å². The summed E-state index contributed by atoms with van der Waals surface area (Å²) in [7, 11) is 0. The zero-order chi connectivity index (χ0) is 23.9. The number of amides is 2. The number of ether oxygens (including phenoxy) is 1. The van der Waals surface area contributed by atoms with E-state index in [1.54, 1.807) is 10.7 Å². The monoisotopic (exact) mass is 451 g/mol. The Hall–Kier alpha value is -5.02. The first kappa shape index (κ1) is 22.2. The van der Waals surface area contributed by atoms with E-state index in [9.17, 15) is 10.1 Å². The van der Waals surface area contributed by atoms with Gasteiger partial charge >= 0.3 is 6.03 Å². The van der Waals surface area contributed by atoms with Gasteiger partial charge in [0.1, 0.15) is 17.6 Å². The molecule has 9 heteroatoms. The zero-order valence-corrected chi connectivity index (χ0v) is 18.4. The Bertz CT molecular complexity index is 1400. The summed E-state index contributed by atoms with van der Waals surface area (Å²) in [6.45, 7) is 2.09. The summed E-state index contributed by atoms with van der Waals surface area (Å²) < 4.78 is 7.44. The Morgan fingerprint density at radius 1 is 1.09 bits per heavy atom. The van der Waals surface area contributed by atoms with Crippen molar-refractivity contribution in [1.29, 1.82) is 10.5 Å². The molecule has 0 radical (unpaired) electrons. The molecule has 9 nitrogen and oxygen atoms in total. The van der Waals surface area contributed by atoms with E-state index in [2.05, 4.69) is 27.1 Å². The number of carbonyl (C=O) groups excluding carboxylic acids is 1. The lowest BCUT2D eigenvalue weighted by molar-refractivity contribution is 0.252. The van der Waals surface area contributed by atoms with Crippen LogP contribution in [-0.4, -0.2) is 22.2 Å². The molecule has 0 aliphatic rings. The summed E-state index contributed by atoms with van der Waals surface area (Å²) >= 11 is 0. The number of nitrogens with one attached hydrogen (secondary N) is 3. The molecule has 0 unspecified atom stereocenters. The number of urea groups is 1. The van der Waals surface area contributed by atoms with E-state index in [4.69, 9.17) is 10.00 Å². The molecule has 0 spiro atoms. The first-order valence-corrected chi connectivity index (χ1v) is 10.5. The van der Waals surface area contributed by atoms with Crippen LogP contribution in [0.2, 0.25) is 0 Å². The molecular formula is C25H21N7O2. The molecular weight excluding hydrogens is 430 g/mol. The van der Waals surface area contributed by atoms with Crippen molar-refractivity contribution in [2.75, 3.05) is 17.2 Å². The number of anilines is 3. The molecule has 0 saturated heterocycles. The lowest BCUT2D eigenvalue weighted by Gasteiger charge is -2.12. The first-order valence-electron chi connectivity index (χ1n) is 10.5. The van der Waals surface area contributed by atoms with Crippen LogP contribution in [0.4, 0.5) is 21.9 Å². The highest BCUT2D eigenvalue weighted by molar-refractivity contribution is 5.94. The molecule has 0 fully saturated rings. The van der Waals surface area contributed by atoms with E-state index in [1.165, 1.54) is 6.20 Å². The molecule has 2 aromatic heterocycles. The van der Waals surface area contributed by atoms with Gasteiger partial charge in [-0.05, 0) is 43.3 Å². The third kappa shape index (κ3) is 4.90. The summed E-state index contributed by atoms with van der Waals surface area (Å²) in [6, 6.07) is 20.6. The number of nitriles is 2. The van der Waals surface area contributed by atoms with Crippen molar-refractivity contribution in [2.45, 2.75) is 13.3 Å². The lowest BCUT2D eigenvalue weighted by Crippen LogP contribution is -2.29. The van der Waals surface area contributed by atoms with Crippen molar-refractivity contribution < 1.29 is 9.53 Å². The minimum Gasteiger partial charge on any atom is -0.457 e. The standard InChI is InChI=1S/C25H21N7O2/c1-17-22(31-25(33)28-13-5-12-26)16-32-24(17)23(18(14-27)15-29-32)30-19-8-10-21(11-9-19)34-20-6-3-2-4-7-20/h2-4,6-11,15-16,30H,5,13H2,1H3,(H2,28,31,33). The fraction of sp³-hybridized carbons (Fsp3) is 0.120.